The van der Waals surface area contributed by atoms with Gasteiger partial charge in [0, 0.05) is 18.5 Å². The molecular weight excluding hydrogens is 434 g/mol. The number of benzene rings is 2. The Morgan fingerprint density at radius 3 is 2.18 bits per heavy atom. The molecule has 1 atom stereocenters. The highest BCUT2D eigenvalue weighted by atomic mass is 16.5. The number of amides is 1. The number of likely N-dealkylation sites (tertiary alicyclic amines) is 1. The smallest absolute Gasteiger partial charge is 0.303 e. The van der Waals surface area contributed by atoms with E-state index in [1.807, 2.05) is 24.3 Å². The van der Waals surface area contributed by atoms with Crippen molar-refractivity contribution in [3.05, 3.63) is 70.8 Å². The van der Waals surface area contributed by atoms with Gasteiger partial charge in [0.2, 0.25) is 0 Å². The minimum atomic E-state index is -0.856. The number of carbonyl (C=O) groups excluding carboxylic acids is 2. The summed E-state index contributed by atoms with van der Waals surface area (Å²) in [5.41, 5.74) is 2.34. The second kappa shape index (κ2) is 11.0. The number of hydrogen-bond donors (Lipinski definition) is 2. The van der Waals surface area contributed by atoms with E-state index in [9.17, 15) is 19.5 Å². The van der Waals surface area contributed by atoms with E-state index in [0.717, 1.165) is 11.1 Å². The van der Waals surface area contributed by atoms with Crippen molar-refractivity contribution in [2.75, 3.05) is 13.7 Å². The molecule has 7 heteroatoms. The first-order valence-corrected chi connectivity index (χ1v) is 11.5. The van der Waals surface area contributed by atoms with Crippen molar-refractivity contribution in [2.45, 2.75) is 51.5 Å². The number of Topliss-reactive ketones (excluding diaryl/α,β-unsaturated/α-hetero) is 1. The second-order valence-corrected chi connectivity index (χ2v) is 8.75. The average Bonchev–Trinajstić information content (AvgIpc) is 3.08. The fraction of sp³-hybridized carbons (Fsp3) is 0.370. The molecule has 0 spiro atoms. The van der Waals surface area contributed by atoms with Gasteiger partial charge in [-0.2, -0.15) is 0 Å². The fourth-order valence-corrected chi connectivity index (χ4v) is 4.16. The van der Waals surface area contributed by atoms with Gasteiger partial charge in [-0.25, -0.2) is 0 Å². The normalized spacial score (nSPS) is 17.4. The maximum atomic E-state index is 13.1. The highest BCUT2D eigenvalue weighted by molar-refractivity contribution is 6.46. The Morgan fingerprint density at radius 2 is 1.62 bits per heavy atom. The topological polar surface area (TPSA) is 104 Å². The molecule has 2 aromatic carbocycles. The van der Waals surface area contributed by atoms with Crippen LogP contribution in [0.15, 0.2) is 54.1 Å². The molecule has 0 aliphatic carbocycles. The van der Waals surface area contributed by atoms with E-state index in [0.29, 0.717) is 43.0 Å². The average molecular weight is 466 g/mol. The predicted octanol–water partition coefficient (Wildman–Crippen LogP) is 4.89. The van der Waals surface area contributed by atoms with Crippen molar-refractivity contribution in [1.82, 2.24) is 4.90 Å². The van der Waals surface area contributed by atoms with Crippen molar-refractivity contribution >= 4 is 23.4 Å². The number of hydrogen-bond acceptors (Lipinski definition) is 5. The largest absolute Gasteiger partial charge is 0.507 e. The number of rotatable bonds is 10. The number of aliphatic carboxylic acids is 1. The maximum Gasteiger partial charge on any atom is 0.303 e. The lowest BCUT2D eigenvalue weighted by atomic mass is 9.93. The lowest BCUT2D eigenvalue weighted by Crippen LogP contribution is -2.30. The number of carboxylic acid groups (broad SMARTS) is 1. The van der Waals surface area contributed by atoms with E-state index >= 15 is 0 Å². The van der Waals surface area contributed by atoms with Crippen molar-refractivity contribution < 1.29 is 29.3 Å². The molecule has 1 heterocycles. The standard InChI is InChI=1S/C27H31NO6/c1-17(2)18-8-10-19(11-9-18)24-23(25(31)20-12-14-21(34-3)15-13-20)26(32)27(33)28(24)16-6-4-5-7-22(29)30/h8-15,17,24,31H,4-7,16H2,1-3H3,(H,29,30). The molecule has 34 heavy (non-hydrogen) atoms. The minimum Gasteiger partial charge on any atom is -0.507 e. The van der Waals surface area contributed by atoms with Crippen LogP contribution >= 0.6 is 0 Å². The summed E-state index contributed by atoms with van der Waals surface area (Å²) < 4.78 is 5.17. The van der Waals surface area contributed by atoms with Crippen molar-refractivity contribution in [1.29, 1.82) is 0 Å². The number of aliphatic hydroxyl groups excluding tert-OH is 1. The van der Waals surface area contributed by atoms with Gasteiger partial charge in [0.15, 0.2) is 0 Å². The Balaban J connectivity index is 1.98. The summed E-state index contributed by atoms with van der Waals surface area (Å²) >= 11 is 0. The molecule has 1 amide bonds. The quantitative estimate of drug-likeness (QED) is 0.224. The van der Waals surface area contributed by atoms with Crippen LogP contribution in [-0.2, 0) is 14.4 Å². The van der Waals surface area contributed by atoms with Crippen molar-refractivity contribution in [3.8, 4) is 5.75 Å². The Bertz CT molecular complexity index is 1070. The second-order valence-electron chi connectivity index (χ2n) is 8.75. The summed E-state index contributed by atoms with van der Waals surface area (Å²) in [6, 6.07) is 13.7. The molecule has 1 aliphatic heterocycles. The summed E-state index contributed by atoms with van der Waals surface area (Å²) in [6.07, 6.45) is 1.74. The van der Waals surface area contributed by atoms with E-state index in [-0.39, 0.29) is 17.8 Å². The van der Waals surface area contributed by atoms with Crippen molar-refractivity contribution in [2.24, 2.45) is 0 Å². The molecule has 3 rings (SSSR count). The fourth-order valence-electron chi connectivity index (χ4n) is 4.16. The van der Waals surface area contributed by atoms with Crippen molar-refractivity contribution in [3.63, 3.8) is 0 Å². The first-order chi connectivity index (χ1) is 16.2. The van der Waals surface area contributed by atoms with Gasteiger partial charge in [-0.15, -0.1) is 0 Å². The van der Waals surface area contributed by atoms with E-state index < -0.39 is 23.7 Å². The first-order valence-electron chi connectivity index (χ1n) is 11.5. The number of nitrogens with zero attached hydrogens (tertiary/aromatic N) is 1. The number of methoxy groups -OCH3 is 1. The van der Waals surface area contributed by atoms with Gasteiger partial charge >= 0.3 is 5.97 Å². The first kappa shape index (κ1) is 25.0. The Kier molecular flexibility index (Phi) is 8.10. The van der Waals surface area contributed by atoms with E-state index in [2.05, 4.69) is 13.8 Å². The zero-order chi connectivity index (χ0) is 24.8. The zero-order valence-corrected chi connectivity index (χ0v) is 19.8. The third-order valence-corrected chi connectivity index (χ3v) is 6.11. The maximum absolute atomic E-state index is 13.1. The molecule has 1 saturated heterocycles. The molecule has 1 fully saturated rings. The van der Waals surface area contributed by atoms with E-state index in [1.165, 1.54) is 12.0 Å². The number of ether oxygens (including phenoxy) is 1. The van der Waals surface area contributed by atoms with Gasteiger partial charge in [-0.05, 0) is 54.2 Å². The molecule has 0 radical (unpaired) electrons. The van der Waals surface area contributed by atoms with Crippen LogP contribution in [0.25, 0.3) is 5.76 Å². The molecule has 1 aliphatic rings. The number of carboxylic acids is 1. The molecule has 7 nitrogen and oxygen atoms in total. The van der Waals surface area contributed by atoms with Crippen LogP contribution in [0, 0.1) is 0 Å². The van der Waals surface area contributed by atoms with Crippen LogP contribution in [0.3, 0.4) is 0 Å². The van der Waals surface area contributed by atoms with E-state index in [4.69, 9.17) is 9.84 Å². The lowest BCUT2D eigenvalue weighted by Gasteiger charge is -2.25. The molecule has 0 aromatic heterocycles. The number of aliphatic hydroxyl groups is 1. The summed E-state index contributed by atoms with van der Waals surface area (Å²) in [5.74, 6) is -1.53. The van der Waals surface area contributed by atoms with Crippen LogP contribution in [0.1, 0.15) is 68.2 Å². The van der Waals surface area contributed by atoms with Crippen LogP contribution in [-0.4, -0.2) is 46.4 Å². The number of carbonyl (C=O) groups is 3. The molecule has 180 valence electrons. The zero-order valence-electron chi connectivity index (χ0n) is 19.8. The molecule has 2 aromatic rings. The highest BCUT2D eigenvalue weighted by Crippen LogP contribution is 2.40. The van der Waals surface area contributed by atoms with Gasteiger partial charge in [0.05, 0.1) is 18.7 Å². The SMILES string of the molecule is COc1ccc(C(O)=C2C(=O)C(=O)N(CCCCCC(=O)O)C2c2ccc(C(C)C)cc2)cc1. The van der Waals surface area contributed by atoms with Crippen LogP contribution in [0.2, 0.25) is 0 Å². The third-order valence-electron chi connectivity index (χ3n) is 6.11. The Hall–Kier alpha value is -3.61. The predicted molar refractivity (Wildman–Crippen MR) is 129 cm³/mol. The Morgan fingerprint density at radius 1 is 0.971 bits per heavy atom. The summed E-state index contributed by atoms with van der Waals surface area (Å²) in [6.45, 7) is 4.46. The van der Waals surface area contributed by atoms with Gasteiger partial charge in [-0.1, -0.05) is 44.5 Å². The molecule has 2 N–H and O–H groups in total. The third kappa shape index (κ3) is 5.47. The summed E-state index contributed by atoms with van der Waals surface area (Å²) in [5, 5.41) is 19.9. The highest BCUT2D eigenvalue weighted by Gasteiger charge is 2.45. The minimum absolute atomic E-state index is 0.0537. The van der Waals surface area contributed by atoms with Gasteiger partial charge in [0.25, 0.3) is 11.7 Å². The van der Waals surface area contributed by atoms with Gasteiger partial charge in [0.1, 0.15) is 11.5 Å². The molecular formula is C27H31NO6. The van der Waals surface area contributed by atoms with Crippen LogP contribution < -0.4 is 4.74 Å². The number of ketones is 1. The molecule has 0 bridgehead atoms. The summed E-state index contributed by atoms with van der Waals surface area (Å²) in [4.78, 5) is 38.3. The van der Waals surface area contributed by atoms with Crippen LogP contribution in [0.4, 0.5) is 0 Å². The van der Waals surface area contributed by atoms with Gasteiger partial charge in [-0.3, -0.25) is 14.4 Å². The van der Waals surface area contributed by atoms with E-state index in [1.54, 1.807) is 24.3 Å². The number of unbranched alkanes of at least 4 members (excludes halogenated alkanes) is 2. The summed E-state index contributed by atoms with van der Waals surface area (Å²) in [7, 11) is 1.54. The lowest BCUT2D eigenvalue weighted by molar-refractivity contribution is -0.140. The monoisotopic (exact) mass is 465 g/mol. The molecule has 1 unspecified atom stereocenters. The van der Waals surface area contributed by atoms with Gasteiger partial charge < -0.3 is 19.8 Å². The Labute approximate surface area is 199 Å². The molecule has 0 saturated carbocycles. The van der Waals surface area contributed by atoms with Crippen LogP contribution in [0.5, 0.6) is 5.75 Å².